The molecule has 20 heavy (non-hydrogen) atoms. The van der Waals surface area contributed by atoms with E-state index in [0.29, 0.717) is 10.6 Å². The van der Waals surface area contributed by atoms with Gasteiger partial charge in [0.15, 0.2) is 0 Å². The number of rotatable bonds is 3. The van der Waals surface area contributed by atoms with Crippen molar-refractivity contribution in [2.24, 2.45) is 5.10 Å². The molecule has 0 amide bonds. The van der Waals surface area contributed by atoms with E-state index in [4.69, 9.17) is 12.2 Å². The lowest BCUT2D eigenvalue weighted by molar-refractivity contribution is 0.868. The Morgan fingerprint density at radius 2 is 2.25 bits per heavy atom. The normalized spacial score (nSPS) is 11.2. The molecular weight excluding hydrogens is 290 g/mol. The highest BCUT2D eigenvalue weighted by Gasteiger charge is 2.08. The molecule has 0 radical (unpaired) electrons. The molecule has 0 saturated heterocycles. The summed E-state index contributed by atoms with van der Waals surface area (Å²) in [4.78, 5) is 6.57. The first-order chi connectivity index (χ1) is 9.74. The van der Waals surface area contributed by atoms with Crippen molar-refractivity contribution in [3.8, 4) is 11.5 Å². The van der Waals surface area contributed by atoms with Crippen molar-refractivity contribution in [2.45, 2.75) is 6.92 Å². The smallest absolute Gasteiger partial charge is 0.216 e. The predicted octanol–water partition coefficient (Wildman–Crippen LogP) is 3.25. The lowest BCUT2D eigenvalue weighted by Crippen LogP contribution is -1.95. The van der Waals surface area contributed by atoms with Gasteiger partial charge in [-0.3, -0.25) is 4.98 Å². The average Bonchev–Trinajstić information content (AvgIpc) is 3.04. The van der Waals surface area contributed by atoms with Crippen molar-refractivity contribution < 1.29 is 0 Å². The molecule has 0 unspecified atom stereocenters. The monoisotopic (exact) mass is 301 g/mol. The first-order valence-electron chi connectivity index (χ1n) is 5.93. The Kier molecular flexibility index (Phi) is 3.53. The van der Waals surface area contributed by atoms with Crippen LogP contribution in [0, 0.1) is 11.7 Å². The number of nitrogens with zero attached hydrogens (tertiary/aromatic N) is 4. The maximum atomic E-state index is 5.20. The molecule has 5 nitrogen and oxygen atoms in total. The molecule has 0 spiro atoms. The van der Waals surface area contributed by atoms with E-state index in [1.807, 2.05) is 24.3 Å². The lowest BCUT2D eigenvalue weighted by Gasteiger charge is -1.98. The lowest BCUT2D eigenvalue weighted by atomic mass is 10.3. The Bertz CT molecular complexity index is 798. The van der Waals surface area contributed by atoms with Crippen LogP contribution in [0.1, 0.15) is 9.75 Å². The Morgan fingerprint density at radius 3 is 2.95 bits per heavy atom. The maximum absolute atomic E-state index is 5.20. The molecule has 3 rings (SSSR count). The molecule has 7 heteroatoms. The SMILES string of the molecule is Cc1ccc(/C=N\n2c(-c3ccccn3)n[nH]c2=S)s1. The predicted molar refractivity (Wildman–Crippen MR) is 82.7 cm³/mol. The Balaban J connectivity index is 2.00. The number of H-pyrrole nitrogens is 1. The standard InChI is InChI=1S/C13H11N5S2/c1-9-5-6-10(20-9)8-15-18-12(16-17-13(18)19)11-4-2-3-7-14-11/h2-8H,1H3,(H,17,19)/b15-8-. The van der Waals surface area contributed by atoms with Crippen molar-refractivity contribution in [3.05, 3.63) is 51.1 Å². The zero-order valence-electron chi connectivity index (χ0n) is 10.6. The van der Waals surface area contributed by atoms with Gasteiger partial charge in [0.2, 0.25) is 10.6 Å². The van der Waals surface area contributed by atoms with E-state index in [1.54, 1.807) is 28.4 Å². The van der Waals surface area contributed by atoms with Gasteiger partial charge in [-0.1, -0.05) is 6.07 Å². The zero-order chi connectivity index (χ0) is 13.9. The van der Waals surface area contributed by atoms with E-state index < -0.39 is 0 Å². The van der Waals surface area contributed by atoms with Gasteiger partial charge in [0.25, 0.3) is 0 Å². The van der Waals surface area contributed by atoms with Crippen molar-refractivity contribution in [1.82, 2.24) is 19.9 Å². The fourth-order valence-electron chi connectivity index (χ4n) is 1.70. The molecule has 0 aliphatic carbocycles. The molecular formula is C13H11N5S2. The zero-order valence-corrected chi connectivity index (χ0v) is 12.3. The molecule has 0 aliphatic rings. The number of nitrogens with one attached hydrogen (secondary N) is 1. The third kappa shape index (κ3) is 2.59. The molecule has 3 aromatic rings. The van der Waals surface area contributed by atoms with E-state index in [-0.39, 0.29) is 0 Å². The van der Waals surface area contributed by atoms with E-state index in [1.165, 1.54) is 4.88 Å². The minimum absolute atomic E-state index is 0.440. The van der Waals surface area contributed by atoms with Crippen molar-refractivity contribution in [1.29, 1.82) is 0 Å². The van der Waals surface area contributed by atoms with Gasteiger partial charge in [-0.25, -0.2) is 5.10 Å². The van der Waals surface area contributed by atoms with Gasteiger partial charge >= 0.3 is 0 Å². The van der Waals surface area contributed by atoms with Crippen LogP contribution in [-0.4, -0.2) is 26.1 Å². The van der Waals surface area contributed by atoms with Gasteiger partial charge in [0, 0.05) is 16.0 Å². The second kappa shape index (κ2) is 5.48. The Labute approximate surface area is 124 Å². The topological polar surface area (TPSA) is 58.9 Å². The van der Waals surface area contributed by atoms with Gasteiger partial charge in [-0.15, -0.1) is 11.3 Å². The minimum Gasteiger partial charge on any atom is -0.253 e. The number of pyridine rings is 1. The van der Waals surface area contributed by atoms with Crippen molar-refractivity contribution in [3.63, 3.8) is 0 Å². The number of thiophene rings is 1. The first kappa shape index (κ1) is 12.9. The number of aromatic nitrogens is 4. The summed E-state index contributed by atoms with van der Waals surface area (Å²) < 4.78 is 2.02. The van der Waals surface area contributed by atoms with Crippen LogP contribution in [0.5, 0.6) is 0 Å². The summed E-state index contributed by atoms with van der Waals surface area (Å²) in [6, 6.07) is 9.70. The molecule has 3 aromatic heterocycles. The highest BCUT2D eigenvalue weighted by atomic mass is 32.1. The van der Waals surface area contributed by atoms with E-state index in [2.05, 4.69) is 33.3 Å². The van der Waals surface area contributed by atoms with Crippen LogP contribution in [0.25, 0.3) is 11.5 Å². The summed E-state index contributed by atoms with van der Waals surface area (Å²) in [7, 11) is 0. The Morgan fingerprint density at radius 1 is 1.35 bits per heavy atom. The molecule has 0 aliphatic heterocycles. The number of aryl methyl sites for hydroxylation is 1. The second-order valence-electron chi connectivity index (χ2n) is 4.07. The van der Waals surface area contributed by atoms with Crippen molar-refractivity contribution >= 4 is 29.8 Å². The van der Waals surface area contributed by atoms with Crippen LogP contribution < -0.4 is 0 Å². The highest BCUT2D eigenvalue weighted by molar-refractivity contribution is 7.71. The largest absolute Gasteiger partial charge is 0.253 e. The summed E-state index contributed by atoms with van der Waals surface area (Å²) in [6.07, 6.45) is 3.49. The van der Waals surface area contributed by atoms with Crippen LogP contribution in [0.15, 0.2) is 41.6 Å². The van der Waals surface area contributed by atoms with Crippen LogP contribution in [0.3, 0.4) is 0 Å². The van der Waals surface area contributed by atoms with Crippen LogP contribution in [0.2, 0.25) is 0 Å². The third-order valence-corrected chi connectivity index (χ3v) is 3.81. The molecule has 3 heterocycles. The van der Waals surface area contributed by atoms with Crippen LogP contribution in [0.4, 0.5) is 0 Å². The molecule has 0 atom stereocenters. The Hall–Kier alpha value is -2.12. The number of hydrogen-bond donors (Lipinski definition) is 1. The summed E-state index contributed by atoms with van der Waals surface area (Å²) in [6.45, 7) is 2.06. The van der Waals surface area contributed by atoms with E-state index in [0.717, 1.165) is 10.6 Å². The van der Waals surface area contributed by atoms with E-state index >= 15 is 0 Å². The highest BCUT2D eigenvalue weighted by Crippen LogP contribution is 2.15. The fourth-order valence-corrected chi connectivity index (χ4v) is 2.62. The average molecular weight is 301 g/mol. The second-order valence-corrected chi connectivity index (χ2v) is 5.78. The minimum atomic E-state index is 0.440. The molecule has 1 N–H and O–H groups in total. The van der Waals surface area contributed by atoms with Gasteiger partial charge in [-0.05, 0) is 43.4 Å². The quantitative estimate of drug-likeness (QED) is 0.597. The molecule has 0 bridgehead atoms. The molecule has 0 aromatic carbocycles. The van der Waals surface area contributed by atoms with Crippen LogP contribution >= 0.6 is 23.6 Å². The van der Waals surface area contributed by atoms with Crippen LogP contribution in [-0.2, 0) is 0 Å². The van der Waals surface area contributed by atoms with Gasteiger partial charge in [0.1, 0.15) is 5.69 Å². The van der Waals surface area contributed by atoms with Gasteiger partial charge < -0.3 is 0 Å². The first-order valence-corrected chi connectivity index (χ1v) is 7.16. The summed E-state index contributed by atoms with van der Waals surface area (Å²) >= 11 is 6.87. The molecule has 0 saturated carbocycles. The maximum Gasteiger partial charge on any atom is 0.216 e. The summed E-state index contributed by atoms with van der Waals surface area (Å²) in [5.74, 6) is 0.597. The third-order valence-electron chi connectivity index (χ3n) is 2.61. The summed E-state index contributed by atoms with van der Waals surface area (Å²) in [5.41, 5.74) is 0.722. The van der Waals surface area contributed by atoms with Crippen molar-refractivity contribution in [2.75, 3.05) is 0 Å². The molecule has 0 fully saturated rings. The fraction of sp³-hybridized carbons (Fsp3) is 0.0769. The number of hydrogen-bond acceptors (Lipinski definition) is 5. The number of aromatic amines is 1. The molecule has 100 valence electrons. The van der Waals surface area contributed by atoms with E-state index in [9.17, 15) is 0 Å². The van der Waals surface area contributed by atoms with Gasteiger partial charge in [0.05, 0.1) is 6.21 Å². The summed E-state index contributed by atoms with van der Waals surface area (Å²) in [5, 5.41) is 11.3. The van der Waals surface area contributed by atoms with Gasteiger partial charge in [-0.2, -0.15) is 14.9 Å².